The Morgan fingerprint density at radius 2 is 2.25 bits per heavy atom. The van der Waals surface area contributed by atoms with E-state index < -0.39 is 0 Å². The molecule has 1 aromatic rings. The minimum Gasteiger partial charge on any atom is -0.465 e. The van der Waals surface area contributed by atoms with Crippen LogP contribution in [-0.2, 0) is 6.42 Å². The lowest BCUT2D eigenvalue weighted by molar-refractivity contribution is 0.494. The summed E-state index contributed by atoms with van der Waals surface area (Å²) in [5.41, 5.74) is 2.60. The Kier molecular flexibility index (Phi) is 3.30. The largest absolute Gasteiger partial charge is 0.465 e. The fourth-order valence-corrected chi connectivity index (χ4v) is 1.98. The first-order valence-electron chi connectivity index (χ1n) is 5.82. The third-order valence-electron chi connectivity index (χ3n) is 3.03. The fourth-order valence-electron chi connectivity index (χ4n) is 1.98. The minimum atomic E-state index is 0.516. The summed E-state index contributed by atoms with van der Waals surface area (Å²) >= 11 is 0. The molecule has 1 aromatic heterocycles. The molecule has 0 fully saturated rings. The molecule has 0 bridgehead atoms. The highest BCUT2D eigenvalue weighted by Crippen LogP contribution is 2.23. The summed E-state index contributed by atoms with van der Waals surface area (Å²) in [5.74, 6) is 2.08. The van der Waals surface area contributed by atoms with E-state index in [2.05, 4.69) is 36.5 Å². The standard InChI is InChI=1S/C14H19NO/c1-10(15-3)8-12-4-6-13-9-11(2)16-14(13)7-5-12/h4-6,9-10,15H,7-8H2,1-3H3/t10-/m0/s1. The number of furan rings is 1. The van der Waals surface area contributed by atoms with Crippen LogP contribution in [-0.4, -0.2) is 13.1 Å². The van der Waals surface area contributed by atoms with Crippen LogP contribution < -0.4 is 5.32 Å². The topological polar surface area (TPSA) is 25.2 Å². The number of rotatable bonds is 3. The highest BCUT2D eigenvalue weighted by Gasteiger charge is 2.10. The van der Waals surface area contributed by atoms with Crippen molar-refractivity contribution >= 4 is 6.08 Å². The van der Waals surface area contributed by atoms with Gasteiger partial charge in [-0.05, 0) is 33.4 Å². The molecule has 1 atom stereocenters. The Labute approximate surface area is 97.0 Å². The summed E-state index contributed by atoms with van der Waals surface area (Å²) in [7, 11) is 2.00. The van der Waals surface area contributed by atoms with E-state index in [1.165, 1.54) is 11.1 Å². The summed E-state index contributed by atoms with van der Waals surface area (Å²) in [6, 6.07) is 2.62. The van der Waals surface area contributed by atoms with Crippen molar-refractivity contribution in [2.45, 2.75) is 32.7 Å². The maximum atomic E-state index is 5.65. The van der Waals surface area contributed by atoms with Crippen LogP contribution in [0.1, 0.15) is 30.4 Å². The number of nitrogens with one attached hydrogen (secondary N) is 1. The fraction of sp³-hybridized carbons (Fsp3) is 0.429. The second-order valence-electron chi connectivity index (χ2n) is 4.45. The van der Waals surface area contributed by atoms with Crippen molar-refractivity contribution < 1.29 is 4.42 Å². The van der Waals surface area contributed by atoms with Gasteiger partial charge in [0.1, 0.15) is 11.5 Å². The molecule has 0 aliphatic heterocycles. The van der Waals surface area contributed by atoms with E-state index in [0.29, 0.717) is 6.04 Å². The zero-order chi connectivity index (χ0) is 11.5. The molecule has 1 heterocycles. The van der Waals surface area contributed by atoms with E-state index in [0.717, 1.165) is 24.4 Å². The summed E-state index contributed by atoms with van der Waals surface area (Å²) < 4.78 is 5.65. The second-order valence-corrected chi connectivity index (χ2v) is 4.45. The maximum absolute atomic E-state index is 5.65. The van der Waals surface area contributed by atoms with Crippen LogP contribution >= 0.6 is 0 Å². The van der Waals surface area contributed by atoms with Gasteiger partial charge in [-0.2, -0.15) is 0 Å². The summed E-state index contributed by atoms with van der Waals surface area (Å²) in [6.07, 6.45) is 8.60. The summed E-state index contributed by atoms with van der Waals surface area (Å²) in [5, 5.41) is 3.26. The Hall–Kier alpha value is -1.28. The Morgan fingerprint density at radius 3 is 3.00 bits per heavy atom. The second kappa shape index (κ2) is 4.71. The maximum Gasteiger partial charge on any atom is 0.115 e. The first-order chi connectivity index (χ1) is 7.69. The number of allylic oxidation sites excluding steroid dienone is 2. The lowest BCUT2D eigenvalue weighted by atomic mass is 10.1. The van der Waals surface area contributed by atoms with Crippen LogP contribution in [0.4, 0.5) is 0 Å². The molecule has 2 nitrogen and oxygen atoms in total. The molecular weight excluding hydrogens is 198 g/mol. The molecule has 86 valence electrons. The molecule has 0 radical (unpaired) electrons. The third-order valence-corrected chi connectivity index (χ3v) is 3.03. The third kappa shape index (κ3) is 2.45. The molecule has 1 N–H and O–H groups in total. The first kappa shape index (κ1) is 11.2. The van der Waals surface area contributed by atoms with Crippen molar-refractivity contribution in [1.82, 2.24) is 5.32 Å². The molecule has 0 aromatic carbocycles. The Bertz CT molecular complexity index is 426. The molecule has 2 rings (SSSR count). The van der Waals surface area contributed by atoms with Gasteiger partial charge in [-0.15, -0.1) is 0 Å². The van der Waals surface area contributed by atoms with Crippen LogP contribution in [0.2, 0.25) is 0 Å². The van der Waals surface area contributed by atoms with Gasteiger partial charge in [0.2, 0.25) is 0 Å². The number of hydrogen-bond donors (Lipinski definition) is 1. The van der Waals surface area contributed by atoms with Gasteiger partial charge >= 0.3 is 0 Å². The molecule has 0 saturated heterocycles. The van der Waals surface area contributed by atoms with Crippen LogP contribution in [0, 0.1) is 6.92 Å². The highest BCUT2D eigenvalue weighted by molar-refractivity contribution is 5.57. The predicted octanol–water partition coefficient (Wildman–Crippen LogP) is 3.08. The van der Waals surface area contributed by atoms with Gasteiger partial charge in [-0.1, -0.05) is 23.8 Å². The molecular formula is C14H19NO. The quantitative estimate of drug-likeness (QED) is 0.841. The number of fused-ring (bicyclic) bond motifs is 1. The molecule has 0 saturated carbocycles. The molecule has 1 aliphatic rings. The number of hydrogen-bond acceptors (Lipinski definition) is 2. The smallest absolute Gasteiger partial charge is 0.115 e. The molecule has 16 heavy (non-hydrogen) atoms. The summed E-state index contributed by atoms with van der Waals surface area (Å²) in [4.78, 5) is 0. The van der Waals surface area contributed by atoms with Gasteiger partial charge in [0, 0.05) is 18.0 Å². The highest BCUT2D eigenvalue weighted by atomic mass is 16.3. The van der Waals surface area contributed by atoms with Crippen molar-refractivity contribution in [3.8, 4) is 0 Å². The monoisotopic (exact) mass is 217 g/mol. The van der Waals surface area contributed by atoms with Crippen molar-refractivity contribution in [2.75, 3.05) is 7.05 Å². The SMILES string of the molecule is CN[C@@H](C)CC1=CCc2oc(C)cc2C=C1. The van der Waals surface area contributed by atoms with Crippen molar-refractivity contribution in [1.29, 1.82) is 0 Å². The average Bonchev–Trinajstić information content (AvgIpc) is 2.53. The minimum absolute atomic E-state index is 0.516. The van der Waals surface area contributed by atoms with E-state index >= 15 is 0 Å². The van der Waals surface area contributed by atoms with Crippen molar-refractivity contribution in [3.63, 3.8) is 0 Å². The number of aryl methyl sites for hydroxylation is 1. The molecule has 0 spiro atoms. The lowest BCUT2D eigenvalue weighted by Crippen LogP contribution is -2.21. The Morgan fingerprint density at radius 1 is 1.44 bits per heavy atom. The van der Waals surface area contributed by atoms with Crippen LogP contribution in [0.25, 0.3) is 6.08 Å². The van der Waals surface area contributed by atoms with E-state index in [-0.39, 0.29) is 0 Å². The normalized spacial score (nSPS) is 16.6. The van der Waals surface area contributed by atoms with Gasteiger partial charge in [0.25, 0.3) is 0 Å². The first-order valence-corrected chi connectivity index (χ1v) is 5.82. The van der Waals surface area contributed by atoms with E-state index in [1.807, 2.05) is 14.0 Å². The van der Waals surface area contributed by atoms with Gasteiger partial charge < -0.3 is 9.73 Å². The van der Waals surface area contributed by atoms with Gasteiger partial charge in [0.15, 0.2) is 0 Å². The molecule has 2 heteroatoms. The molecule has 1 aliphatic carbocycles. The van der Waals surface area contributed by atoms with Crippen molar-refractivity contribution in [2.24, 2.45) is 0 Å². The Balaban J connectivity index is 2.12. The van der Waals surface area contributed by atoms with E-state index in [4.69, 9.17) is 4.42 Å². The molecule has 0 unspecified atom stereocenters. The lowest BCUT2D eigenvalue weighted by Gasteiger charge is -2.09. The van der Waals surface area contributed by atoms with E-state index in [9.17, 15) is 0 Å². The average molecular weight is 217 g/mol. The zero-order valence-corrected chi connectivity index (χ0v) is 10.2. The summed E-state index contributed by atoms with van der Waals surface area (Å²) in [6.45, 7) is 4.19. The predicted molar refractivity (Wildman–Crippen MR) is 67.4 cm³/mol. The van der Waals surface area contributed by atoms with Crippen LogP contribution in [0.15, 0.2) is 28.2 Å². The van der Waals surface area contributed by atoms with Crippen molar-refractivity contribution in [3.05, 3.63) is 40.9 Å². The van der Waals surface area contributed by atoms with E-state index in [1.54, 1.807) is 0 Å². The van der Waals surface area contributed by atoms with Crippen LogP contribution in [0.5, 0.6) is 0 Å². The van der Waals surface area contributed by atoms with Gasteiger partial charge in [-0.25, -0.2) is 0 Å². The zero-order valence-electron chi connectivity index (χ0n) is 10.2. The van der Waals surface area contributed by atoms with Gasteiger partial charge in [0.05, 0.1) is 0 Å². The van der Waals surface area contributed by atoms with Crippen LogP contribution in [0.3, 0.4) is 0 Å². The van der Waals surface area contributed by atoms with Gasteiger partial charge in [-0.3, -0.25) is 0 Å². The molecule has 0 amide bonds.